The second-order valence-corrected chi connectivity index (χ2v) is 7.04. The van der Waals surface area contributed by atoms with E-state index in [9.17, 15) is 13.2 Å². The van der Waals surface area contributed by atoms with Crippen molar-refractivity contribution in [3.8, 4) is 0 Å². The predicted octanol–water partition coefficient (Wildman–Crippen LogP) is 1.52. The fourth-order valence-electron chi connectivity index (χ4n) is 1.76. The van der Waals surface area contributed by atoms with Gasteiger partial charge in [0.05, 0.1) is 22.5 Å². The Morgan fingerprint density at radius 3 is 2.41 bits per heavy atom. The lowest BCUT2D eigenvalue weighted by Crippen LogP contribution is -2.28. The van der Waals surface area contributed by atoms with Crippen LogP contribution in [0.5, 0.6) is 0 Å². The fourth-order valence-corrected chi connectivity index (χ4v) is 2.75. The van der Waals surface area contributed by atoms with Gasteiger partial charge in [0.1, 0.15) is 6.26 Å². The molecule has 0 saturated carbocycles. The van der Waals surface area contributed by atoms with E-state index >= 15 is 0 Å². The van der Waals surface area contributed by atoms with Gasteiger partial charge < -0.3 is 9.63 Å². The fraction of sp³-hybridized carbons (Fsp3) is 0.286. The molecule has 0 atom stereocenters. The van der Waals surface area contributed by atoms with Crippen LogP contribution in [0.3, 0.4) is 0 Å². The van der Waals surface area contributed by atoms with Crippen molar-refractivity contribution in [1.82, 2.24) is 9.88 Å². The molecule has 0 spiro atoms. The third-order valence-electron chi connectivity index (χ3n) is 3.36. The maximum absolute atomic E-state index is 12.1. The molecule has 22 heavy (non-hydrogen) atoms. The van der Waals surface area contributed by atoms with Crippen LogP contribution >= 0.6 is 0 Å². The number of nitrogens with zero attached hydrogens (tertiary/aromatic N) is 1. The van der Waals surface area contributed by atoms with Gasteiger partial charge in [0.25, 0.3) is 0 Å². The number of carbonyl (C=O) groups is 1. The number of benzene rings is 1. The Bertz CT molecular complexity index is 749. The van der Waals surface area contributed by atoms with Gasteiger partial charge in [0.2, 0.25) is 10.0 Å². The first kappa shape index (κ1) is 16.2. The van der Waals surface area contributed by atoms with Gasteiger partial charge in [-0.05, 0) is 31.5 Å². The summed E-state index contributed by atoms with van der Waals surface area (Å²) >= 11 is 0. The van der Waals surface area contributed by atoms with Crippen LogP contribution in [0.15, 0.2) is 46.0 Å². The first-order valence-electron chi connectivity index (χ1n) is 6.46. The molecule has 7 nitrogen and oxygen atoms in total. The Balaban J connectivity index is 2.17. The van der Waals surface area contributed by atoms with E-state index in [1.807, 2.05) is 0 Å². The van der Waals surface area contributed by atoms with Gasteiger partial charge >= 0.3 is 5.97 Å². The van der Waals surface area contributed by atoms with Gasteiger partial charge in [-0.3, -0.25) is 4.79 Å². The van der Waals surface area contributed by atoms with E-state index in [4.69, 9.17) is 5.11 Å². The minimum Gasteiger partial charge on any atom is -0.481 e. The summed E-state index contributed by atoms with van der Waals surface area (Å²) in [7, 11) is -3.70. The van der Waals surface area contributed by atoms with Crippen molar-refractivity contribution in [2.24, 2.45) is 0 Å². The van der Waals surface area contributed by atoms with Crippen LogP contribution in [0.4, 0.5) is 0 Å². The van der Waals surface area contributed by atoms with Gasteiger partial charge in [-0.15, -0.1) is 0 Å². The Morgan fingerprint density at radius 2 is 1.91 bits per heavy atom. The average molecular weight is 324 g/mol. The predicted molar refractivity (Wildman–Crippen MR) is 77.6 cm³/mol. The summed E-state index contributed by atoms with van der Waals surface area (Å²) in [6.45, 7) is 3.13. The Hall–Kier alpha value is -2.19. The molecule has 0 amide bonds. The molecule has 2 N–H and O–H groups in total. The molecule has 0 saturated heterocycles. The van der Waals surface area contributed by atoms with E-state index in [0.717, 1.165) is 0 Å². The van der Waals surface area contributed by atoms with Crippen LogP contribution in [-0.2, 0) is 26.8 Å². The molecule has 0 aliphatic heterocycles. The molecular weight excluding hydrogens is 308 g/mol. The van der Waals surface area contributed by atoms with Gasteiger partial charge in [-0.25, -0.2) is 13.1 Å². The maximum Gasteiger partial charge on any atom is 0.313 e. The molecule has 0 aliphatic rings. The highest BCUT2D eigenvalue weighted by molar-refractivity contribution is 7.89. The molecule has 1 aromatic carbocycles. The zero-order valence-corrected chi connectivity index (χ0v) is 12.9. The standard InChI is InChI=1S/C14H16N2O5S/c1-14(2,13(17)18)10-3-5-12(6-4-10)22(19,20)15-9-11-7-8-21-16-11/h3-8,15H,9H2,1-2H3,(H,17,18). The number of aliphatic carboxylic acids is 1. The number of hydrogen-bond donors (Lipinski definition) is 2. The largest absolute Gasteiger partial charge is 0.481 e. The molecule has 0 unspecified atom stereocenters. The van der Waals surface area contributed by atoms with Gasteiger partial charge in [0.15, 0.2) is 0 Å². The molecule has 0 bridgehead atoms. The van der Waals surface area contributed by atoms with Crippen molar-refractivity contribution < 1.29 is 22.8 Å². The van der Waals surface area contributed by atoms with Gasteiger partial charge in [-0.1, -0.05) is 17.3 Å². The third kappa shape index (κ3) is 3.34. The lowest BCUT2D eigenvalue weighted by molar-refractivity contribution is -0.142. The molecule has 0 fully saturated rings. The van der Waals surface area contributed by atoms with Crippen LogP contribution in [0.1, 0.15) is 25.1 Å². The van der Waals surface area contributed by atoms with Crippen molar-refractivity contribution in [2.75, 3.05) is 0 Å². The third-order valence-corrected chi connectivity index (χ3v) is 4.77. The van der Waals surface area contributed by atoms with Crippen molar-refractivity contribution in [2.45, 2.75) is 30.7 Å². The number of nitrogens with one attached hydrogen (secondary N) is 1. The monoisotopic (exact) mass is 324 g/mol. The van der Waals surface area contributed by atoms with E-state index in [1.165, 1.54) is 30.5 Å². The van der Waals surface area contributed by atoms with Crippen molar-refractivity contribution in [3.05, 3.63) is 47.9 Å². The minimum absolute atomic E-state index is 0.0151. The molecule has 118 valence electrons. The second-order valence-electron chi connectivity index (χ2n) is 5.27. The summed E-state index contributed by atoms with van der Waals surface area (Å²) in [5.74, 6) is -0.979. The highest BCUT2D eigenvalue weighted by atomic mass is 32.2. The van der Waals surface area contributed by atoms with E-state index in [2.05, 4.69) is 14.4 Å². The quantitative estimate of drug-likeness (QED) is 0.833. The Kier molecular flexibility index (Phi) is 4.34. The Labute approximate surface area is 128 Å². The number of carboxylic acid groups (broad SMARTS) is 1. The minimum atomic E-state index is -3.70. The maximum atomic E-state index is 12.1. The first-order chi connectivity index (χ1) is 10.2. The van der Waals surface area contributed by atoms with E-state index in [1.54, 1.807) is 19.9 Å². The molecule has 1 aromatic heterocycles. The van der Waals surface area contributed by atoms with Crippen LogP contribution < -0.4 is 4.72 Å². The highest BCUT2D eigenvalue weighted by Gasteiger charge is 2.29. The summed E-state index contributed by atoms with van der Waals surface area (Å²) in [6.07, 6.45) is 1.35. The van der Waals surface area contributed by atoms with E-state index in [0.29, 0.717) is 11.3 Å². The first-order valence-corrected chi connectivity index (χ1v) is 7.94. The van der Waals surface area contributed by atoms with Crippen molar-refractivity contribution in [1.29, 1.82) is 0 Å². The number of sulfonamides is 1. The van der Waals surface area contributed by atoms with E-state index < -0.39 is 21.4 Å². The molecule has 0 aliphatic carbocycles. The van der Waals surface area contributed by atoms with Gasteiger partial charge in [0, 0.05) is 6.07 Å². The van der Waals surface area contributed by atoms with Crippen LogP contribution in [0.2, 0.25) is 0 Å². The number of carboxylic acids is 1. The molecular formula is C14H16N2O5S. The summed E-state index contributed by atoms with van der Waals surface area (Å²) in [5, 5.41) is 12.8. The summed E-state index contributed by atoms with van der Waals surface area (Å²) in [6, 6.07) is 7.31. The van der Waals surface area contributed by atoms with Crippen LogP contribution in [0.25, 0.3) is 0 Å². The summed E-state index contributed by atoms with van der Waals surface area (Å²) in [4.78, 5) is 11.2. The number of aromatic nitrogens is 1. The van der Waals surface area contributed by atoms with Gasteiger partial charge in [-0.2, -0.15) is 0 Å². The Morgan fingerprint density at radius 1 is 1.27 bits per heavy atom. The zero-order valence-electron chi connectivity index (χ0n) is 12.1. The number of hydrogen-bond acceptors (Lipinski definition) is 5. The molecule has 8 heteroatoms. The smallest absolute Gasteiger partial charge is 0.313 e. The lowest BCUT2D eigenvalue weighted by Gasteiger charge is -2.19. The highest BCUT2D eigenvalue weighted by Crippen LogP contribution is 2.24. The molecule has 1 heterocycles. The lowest BCUT2D eigenvalue weighted by atomic mass is 9.85. The SMILES string of the molecule is CC(C)(C(=O)O)c1ccc(S(=O)(=O)NCc2ccon2)cc1. The summed E-state index contributed by atoms with van der Waals surface area (Å²) < 4.78 is 31.3. The van der Waals surface area contributed by atoms with Crippen molar-refractivity contribution in [3.63, 3.8) is 0 Å². The topological polar surface area (TPSA) is 110 Å². The second kappa shape index (κ2) is 5.90. The van der Waals surface area contributed by atoms with Crippen LogP contribution in [-0.4, -0.2) is 24.7 Å². The normalized spacial score (nSPS) is 12.3. The molecule has 2 rings (SSSR count). The van der Waals surface area contributed by atoms with E-state index in [-0.39, 0.29) is 11.4 Å². The molecule has 2 aromatic rings. The van der Waals surface area contributed by atoms with Crippen molar-refractivity contribution >= 4 is 16.0 Å². The average Bonchev–Trinajstić information content (AvgIpc) is 2.98. The number of rotatable bonds is 6. The zero-order chi connectivity index (χ0) is 16.4. The molecule has 0 radical (unpaired) electrons. The summed E-state index contributed by atoms with van der Waals surface area (Å²) in [5.41, 5.74) is -0.0983. The van der Waals surface area contributed by atoms with Crippen LogP contribution in [0, 0.1) is 0 Å².